The van der Waals surface area contributed by atoms with Crippen molar-refractivity contribution in [3.63, 3.8) is 0 Å². The Morgan fingerprint density at radius 2 is 1.65 bits per heavy atom. The zero-order valence-electron chi connectivity index (χ0n) is 25.1. The lowest BCUT2D eigenvalue weighted by molar-refractivity contribution is -0.137. The molecule has 0 aliphatic carbocycles. The van der Waals surface area contributed by atoms with Crippen molar-refractivity contribution in [2.45, 2.75) is 19.4 Å². The van der Waals surface area contributed by atoms with Crippen molar-refractivity contribution in [2.75, 3.05) is 41.7 Å². The molecule has 1 aromatic heterocycles. The molecule has 2 heterocycles. The third-order valence-electron chi connectivity index (χ3n) is 7.57. The minimum atomic E-state index is -1.05. The number of aryl methyl sites for hydroxylation is 1. The van der Waals surface area contributed by atoms with E-state index in [9.17, 15) is 24.3 Å². The van der Waals surface area contributed by atoms with E-state index in [-0.39, 0.29) is 17.9 Å². The number of carboxylic acids is 1. The Morgan fingerprint density at radius 1 is 0.891 bits per heavy atom. The Balaban J connectivity index is 1.37. The van der Waals surface area contributed by atoms with E-state index in [2.05, 4.69) is 20.9 Å². The lowest BCUT2D eigenvalue weighted by atomic mass is 10.0. The Labute approximate surface area is 271 Å². The van der Waals surface area contributed by atoms with Crippen LogP contribution in [-0.4, -0.2) is 65.0 Å². The van der Waals surface area contributed by atoms with Crippen LogP contribution in [0.25, 0.3) is 0 Å². The molecule has 1 atom stereocenters. The lowest BCUT2D eigenvalue weighted by Crippen LogP contribution is -2.49. The number of nitrogens with one attached hydrogen (secondary N) is 3. The highest BCUT2D eigenvalue weighted by molar-refractivity contribution is 6.31. The van der Waals surface area contributed by atoms with Gasteiger partial charge < -0.3 is 30.9 Å². The smallest absolute Gasteiger partial charge is 0.323 e. The first-order valence-electron chi connectivity index (χ1n) is 14.7. The molecular weight excluding hydrogens is 608 g/mol. The monoisotopic (exact) mass is 640 g/mol. The van der Waals surface area contributed by atoms with Crippen molar-refractivity contribution in [1.82, 2.24) is 15.2 Å². The second kappa shape index (κ2) is 14.6. The summed E-state index contributed by atoms with van der Waals surface area (Å²) in [7, 11) is 0. The molecule has 11 nitrogen and oxygen atoms in total. The molecule has 1 unspecified atom stereocenters. The van der Waals surface area contributed by atoms with Crippen LogP contribution >= 0.6 is 11.6 Å². The van der Waals surface area contributed by atoms with Crippen LogP contribution in [0.3, 0.4) is 0 Å². The number of carbonyl (C=O) groups is 4. The summed E-state index contributed by atoms with van der Waals surface area (Å²) in [5.41, 5.74) is 3.92. The number of aromatic nitrogens is 1. The third kappa shape index (κ3) is 8.19. The van der Waals surface area contributed by atoms with Crippen LogP contribution in [0.1, 0.15) is 44.3 Å². The summed E-state index contributed by atoms with van der Waals surface area (Å²) >= 11 is 6.08. The van der Waals surface area contributed by atoms with E-state index in [1.54, 1.807) is 84.0 Å². The number of halogens is 1. The number of amides is 4. The molecule has 46 heavy (non-hydrogen) atoms. The minimum Gasteiger partial charge on any atom is -0.481 e. The van der Waals surface area contributed by atoms with Crippen molar-refractivity contribution in [3.05, 3.63) is 119 Å². The molecule has 12 heteroatoms. The fourth-order valence-corrected chi connectivity index (χ4v) is 5.38. The van der Waals surface area contributed by atoms with Crippen molar-refractivity contribution in [3.8, 4) is 0 Å². The van der Waals surface area contributed by atoms with Gasteiger partial charge in [0.25, 0.3) is 11.8 Å². The standard InChI is InChI=1S/C34H33ClN6O5/c1-22-7-9-23(10-8-22)28(20-31(42)43)38-32(44)24-11-12-30(29(18-24)39-34(46)37-27-6-2-5-26(35)19-27)40-14-16-41(17-15-40)33(45)25-4-3-13-36-21-25/h2-13,18-19,21,28H,14-17,20H2,1H3,(H,38,44)(H,42,43)(H2,37,39,46). The van der Waals surface area contributed by atoms with Gasteiger partial charge in [0.1, 0.15) is 0 Å². The van der Waals surface area contributed by atoms with E-state index in [1.165, 1.54) is 0 Å². The number of urea groups is 1. The number of carbonyl (C=O) groups excluding carboxylic acids is 3. The number of anilines is 3. The van der Waals surface area contributed by atoms with Gasteiger partial charge in [-0.25, -0.2) is 4.79 Å². The molecule has 5 rings (SSSR count). The number of hydrogen-bond donors (Lipinski definition) is 4. The fraction of sp³-hybridized carbons (Fsp3) is 0.206. The van der Waals surface area contributed by atoms with Gasteiger partial charge in [-0.05, 0) is 61.0 Å². The minimum absolute atomic E-state index is 0.108. The Bertz CT molecular complexity index is 1730. The van der Waals surface area contributed by atoms with Gasteiger partial charge in [-0.15, -0.1) is 0 Å². The first kappa shape index (κ1) is 32.0. The average molecular weight is 641 g/mol. The van der Waals surface area contributed by atoms with Gasteiger partial charge in [0.2, 0.25) is 0 Å². The van der Waals surface area contributed by atoms with Gasteiger partial charge in [-0.1, -0.05) is 47.5 Å². The number of carboxylic acid groups (broad SMARTS) is 1. The van der Waals surface area contributed by atoms with Crippen molar-refractivity contribution < 1.29 is 24.3 Å². The Kier molecular flexibility index (Phi) is 10.1. The van der Waals surface area contributed by atoms with E-state index < -0.39 is 23.9 Å². The molecule has 4 aromatic rings. The molecule has 4 amide bonds. The third-order valence-corrected chi connectivity index (χ3v) is 7.80. The van der Waals surface area contributed by atoms with Gasteiger partial charge in [0.15, 0.2) is 0 Å². The maximum Gasteiger partial charge on any atom is 0.323 e. The highest BCUT2D eigenvalue weighted by Gasteiger charge is 2.26. The lowest BCUT2D eigenvalue weighted by Gasteiger charge is -2.37. The Hall–Kier alpha value is -5.42. The predicted octanol–water partition coefficient (Wildman–Crippen LogP) is 5.60. The predicted molar refractivity (Wildman–Crippen MR) is 177 cm³/mol. The van der Waals surface area contributed by atoms with Crippen molar-refractivity contribution in [2.24, 2.45) is 0 Å². The van der Waals surface area contributed by atoms with Crippen LogP contribution in [0.4, 0.5) is 21.9 Å². The number of aliphatic carboxylic acids is 1. The van der Waals surface area contributed by atoms with E-state index in [0.29, 0.717) is 59.4 Å². The van der Waals surface area contributed by atoms with Gasteiger partial charge in [0.05, 0.1) is 29.4 Å². The van der Waals surface area contributed by atoms with Crippen LogP contribution in [-0.2, 0) is 4.79 Å². The maximum atomic E-state index is 13.5. The SMILES string of the molecule is Cc1ccc(C(CC(=O)O)NC(=O)c2ccc(N3CCN(C(=O)c4cccnc4)CC3)c(NC(=O)Nc3cccc(Cl)c3)c2)cc1. The van der Waals surface area contributed by atoms with E-state index in [0.717, 1.165) is 5.56 Å². The van der Waals surface area contributed by atoms with E-state index >= 15 is 0 Å². The molecule has 1 aliphatic rings. The summed E-state index contributed by atoms with van der Waals surface area (Å²) in [6, 6.07) is 21.1. The zero-order valence-corrected chi connectivity index (χ0v) is 25.8. The van der Waals surface area contributed by atoms with Crippen LogP contribution in [0.2, 0.25) is 5.02 Å². The van der Waals surface area contributed by atoms with Gasteiger partial charge in [-0.3, -0.25) is 19.4 Å². The largest absolute Gasteiger partial charge is 0.481 e. The van der Waals surface area contributed by atoms with Gasteiger partial charge >= 0.3 is 12.0 Å². The van der Waals surface area contributed by atoms with Crippen LogP contribution in [0, 0.1) is 6.92 Å². The molecule has 3 aromatic carbocycles. The highest BCUT2D eigenvalue weighted by Crippen LogP contribution is 2.30. The number of pyridine rings is 1. The zero-order chi connectivity index (χ0) is 32.6. The van der Waals surface area contributed by atoms with Crippen LogP contribution in [0.5, 0.6) is 0 Å². The first-order valence-corrected chi connectivity index (χ1v) is 15.0. The molecule has 1 saturated heterocycles. The molecule has 0 radical (unpaired) electrons. The molecule has 0 saturated carbocycles. The second-order valence-corrected chi connectivity index (χ2v) is 11.3. The van der Waals surface area contributed by atoms with Gasteiger partial charge in [-0.2, -0.15) is 0 Å². The topological polar surface area (TPSA) is 144 Å². The molecule has 4 N–H and O–H groups in total. The van der Waals surface area contributed by atoms with Crippen molar-refractivity contribution in [1.29, 1.82) is 0 Å². The summed E-state index contributed by atoms with van der Waals surface area (Å²) in [5.74, 6) is -1.66. The number of nitrogens with zero attached hydrogens (tertiary/aromatic N) is 3. The Morgan fingerprint density at radius 3 is 2.33 bits per heavy atom. The normalized spacial score (nSPS) is 13.4. The number of rotatable bonds is 9. The highest BCUT2D eigenvalue weighted by atomic mass is 35.5. The van der Waals surface area contributed by atoms with E-state index in [1.807, 2.05) is 24.0 Å². The molecular formula is C34H33ClN6O5. The van der Waals surface area contributed by atoms with Crippen LogP contribution in [0.15, 0.2) is 91.3 Å². The van der Waals surface area contributed by atoms with E-state index in [4.69, 9.17) is 11.6 Å². The second-order valence-electron chi connectivity index (χ2n) is 10.9. The van der Waals surface area contributed by atoms with Crippen molar-refractivity contribution >= 4 is 52.5 Å². The van der Waals surface area contributed by atoms with Crippen LogP contribution < -0.4 is 20.9 Å². The summed E-state index contributed by atoms with van der Waals surface area (Å²) < 4.78 is 0. The number of piperazine rings is 1. The summed E-state index contributed by atoms with van der Waals surface area (Å²) in [4.78, 5) is 59.0. The molecule has 1 fully saturated rings. The molecule has 0 spiro atoms. The number of hydrogen-bond acceptors (Lipinski definition) is 6. The van der Waals surface area contributed by atoms with Gasteiger partial charge in [0, 0.05) is 54.8 Å². The number of benzene rings is 3. The molecule has 1 aliphatic heterocycles. The summed E-state index contributed by atoms with van der Waals surface area (Å²) in [5, 5.41) is 18.4. The first-order chi connectivity index (χ1) is 22.2. The quantitative estimate of drug-likeness (QED) is 0.187. The summed E-state index contributed by atoms with van der Waals surface area (Å²) in [6.07, 6.45) is 2.85. The summed E-state index contributed by atoms with van der Waals surface area (Å²) in [6.45, 7) is 3.77. The maximum absolute atomic E-state index is 13.5. The average Bonchev–Trinajstić information content (AvgIpc) is 3.04. The molecule has 236 valence electrons. The molecule has 0 bridgehead atoms. The fourth-order valence-electron chi connectivity index (χ4n) is 5.19.